The number of nitrogens with one attached hydrogen (secondary N) is 1. The second-order valence-corrected chi connectivity index (χ2v) is 28.5. The van der Waals surface area contributed by atoms with Gasteiger partial charge in [0.05, 0.1) is 25.4 Å². The molecule has 0 aliphatic rings. The summed E-state index contributed by atoms with van der Waals surface area (Å²) < 4.78 is 5.51. The minimum atomic E-state index is -0.666. The van der Waals surface area contributed by atoms with Gasteiger partial charge in [-0.3, -0.25) is 9.59 Å². The zero-order valence-electron chi connectivity index (χ0n) is 61.6. The summed E-state index contributed by atoms with van der Waals surface area (Å²) in [4.78, 5) is 24.7. The first-order valence-electron chi connectivity index (χ1n) is 41.4. The summed E-state index contributed by atoms with van der Waals surface area (Å²) in [6.07, 6.45) is 106. The average Bonchev–Trinajstić information content (AvgIpc) is 3.65. The second kappa shape index (κ2) is 80.3. The zero-order valence-corrected chi connectivity index (χ0v) is 61.6. The summed E-state index contributed by atoms with van der Waals surface area (Å²) in [6, 6.07) is -0.543. The molecule has 0 bridgehead atoms. The number of ether oxygens (including phenoxy) is 1. The molecule has 2 atom stereocenters. The van der Waals surface area contributed by atoms with E-state index in [1.807, 2.05) is 0 Å². The van der Waals surface area contributed by atoms with Crippen molar-refractivity contribution >= 4 is 11.9 Å². The lowest BCUT2D eigenvalue weighted by molar-refractivity contribution is -0.143. The van der Waals surface area contributed by atoms with Gasteiger partial charge in [-0.1, -0.05) is 403 Å². The third kappa shape index (κ3) is 76.7. The third-order valence-corrected chi connectivity index (χ3v) is 19.4. The molecule has 0 saturated heterocycles. The molecular formula is C85H161NO5. The molecule has 3 N–H and O–H groups in total. The van der Waals surface area contributed by atoms with Gasteiger partial charge < -0.3 is 20.3 Å². The molecule has 0 aromatic heterocycles. The van der Waals surface area contributed by atoms with Crippen LogP contribution in [0.3, 0.4) is 0 Å². The Labute approximate surface area is 569 Å². The predicted octanol–water partition coefficient (Wildman–Crippen LogP) is 27.5. The Morgan fingerprint density at radius 2 is 0.549 bits per heavy atom. The summed E-state index contributed by atoms with van der Waals surface area (Å²) in [5.74, 6) is -0.0190. The Bertz CT molecular complexity index is 1520. The summed E-state index contributed by atoms with van der Waals surface area (Å²) in [7, 11) is 0. The molecule has 0 aromatic carbocycles. The number of carbonyl (C=O) groups is 2. The van der Waals surface area contributed by atoms with Crippen LogP contribution in [-0.2, 0) is 14.3 Å². The Hall–Kier alpha value is -2.18. The highest BCUT2D eigenvalue weighted by atomic mass is 16.5. The summed E-state index contributed by atoms with van der Waals surface area (Å²) >= 11 is 0. The minimum Gasteiger partial charge on any atom is -0.466 e. The average molecular weight is 1280 g/mol. The van der Waals surface area contributed by atoms with Crippen molar-refractivity contribution in [1.29, 1.82) is 0 Å². The number of hydrogen-bond acceptors (Lipinski definition) is 5. The van der Waals surface area contributed by atoms with Gasteiger partial charge in [0.15, 0.2) is 0 Å². The van der Waals surface area contributed by atoms with Crippen molar-refractivity contribution in [2.75, 3.05) is 13.2 Å². The highest BCUT2D eigenvalue weighted by Gasteiger charge is 2.20. The number of amides is 1. The lowest BCUT2D eigenvalue weighted by Gasteiger charge is -2.22. The standard InChI is InChI=1S/C85H161NO5/c1-3-5-7-9-11-13-15-17-19-21-23-24-25-35-38-42-45-49-53-57-61-65-69-73-77-83(88)82(81-87)86-84(89)78-74-70-66-62-58-54-50-46-43-39-36-33-31-29-27-26-28-30-32-34-37-40-44-48-52-56-60-64-68-72-76-80-91-85(90)79-75-71-67-63-59-55-51-47-41-22-20-18-16-14-12-10-8-6-4-2/h12,14,18,20,28,30,34,37,82-83,87-88H,3-11,13,15-17,19,21-27,29,31-33,35-36,38-81H2,1-2H3,(H,86,89)/b14-12-,20-18-,30-28-,37-34-. The van der Waals surface area contributed by atoms with E-state index >= 15 is 0 Å². The number of esters is 1. The lowest BCUT2D eigenvalue weighted by Crippen LogP contribution is -2.45. The van der Waals surface area contributed by atoms with Crippen LogP contribution in [0.5, 0.6) is 0 Å². The molecule has 0 radical (unpaired) electrons. The third-order valence-electron chi connectivity index (χ3n) is 19.4. The summed E-state index contributed by atoms with van der Waals surface area (Å²) in [5, 5.41) is 23.5. The van der Waals surface area contributed by atoms with E-state index in [-0.39, 0.29) is 18.5 Å². The first-order valence-corrected chi connectivity index (χ1v) is 41.4. The fraction of sp³-hybridized carbons (Fsp3) is 0.882. The van der Waals surface area contributed by atoms with E-state index in [2.05, 4.69) is 67.8 Å². The fourth-order valence-corrected chi connectivity index (χ4v) is 13.1. The normalized spacial score (nSPS) is 12.7. The monoisotopic (exact) mass is 1280 g/mol. The van der Waals surface area contributed by atoms with Gasteiger partial charge in [-0.2, -0.15) is 0 Å². The maximum atomic E-state index is 12.6. The maximum absolute atomic E-state index is 12.6. The van der Waals surface area contributed by atoms with Crippen molar-refractivity contribution in [1.82, 2.24) is 5.32 Å². The summed E-state index contributed by atoms with van der Waals surface area (Å²) in [6.45, 7) is 4.97. The molecule has 0 spiro atoms. The molecule has 0 saturated carbocycles. The van der Waals surface area contributed by atoms with E-state index in [0.717, 1.165) is 57.8 Å². The summed E-state index contributed by atoms with van der Waals surface area (Å²) in [5.41, 5.74) is 0. The number of unbranched alkanes of at least 4 members (excludes halogenated alkanes) is 59. The van der Waals surface area contributed by atoms with Gasteiger partial charge in [0, 0.05) is 12.8 Å². The van der Waals surface area contributed by atoms with E-state index in [0.29, 0.717) is 25.9 Å². The first-order chi connectivity index (χ1) is 45.0. The topological polar surface area (TPSA) is 95.9 Å². The lowest BCUT2D eigenvalue weighted by atomic mass is 10.0. The Morgan fingerprint density at radius 3 is 0.857 bits per heavy atom. The maximum Gasteiger partial charge on any atom is 0.305 e. The number of aliphatic hydroxyl groups is 2. The van der Waals surface area contributed by atoms with Gasteiger partial charge in [-0.25, -0.2) is 0 Å². The van der Waals surface area contributed by atoms with Crippen LogP contribution in [0.25, 0.3) is 0 Å². The van der Waals surface area contributed by atoms with Crippen molar-refractivity contribution in [3.63, 3.8) is 0 Å². The largest absolute Gasteiger partial charge is 0.466 e. The van der Waals surface area contributed by atoms with Gasteiger partial charge in [-0.15, -0.1) is 0 Å². The second-order valence-electron chi connectivity index (χ2n) is 28.5. The molecule has 91 heavy (non-hydrogen) atoms. The van der Waals surface area contributed by atoms with Gasteiger partial charge in [0.2, 0.25) is 5.91 Å². The SMILES string of the molecule is CCCCC/C=C\C/C=C\CCCCCCCCCCCC(=O)OCCCCCCCCCCC/C=C\C/C=C\CCCCCCCCCCCCCCCCCC(=O)NC(CO)C(O)CCCCCCCCCCCCCCCCCCCCCCCCCC. The van der Waals surface area contributed by atoms with E-state index in [9.17, 15) is 19.8 Å². The highest BCUT2D eigenvalue weighted by Crippen LogP contribution is 2.20. The Kier molecular flexibility index (Phi) is 78.3. The smallest absolute Gasteiger partial charge is 0.305 e. The van der Waals surface area contributed by atoms with Crippen molar-refractivity contribution in [2.45, 2.75) is 469 Å². The fourth-order valence-electron chi connectivity index (χ4n) is 13.1. The van der Waals surface area contributed by atoms with E-state index in [1.165, 1.54) is 366 Å². The van der Waals surface area contributed by atoms with Crippen LogP contribution in [0.2, 0.25) is 0 Å². The zero-order chi connectivity index (χ0) is 65.6. The van der Waals surface area contributed by atoms with Crippen LogP contribution < -0.4 is 5.32 Å². The Balaban J connectivity index is 3.39. The van der Waals surface area contributed by atoms with Crippen molar-refractivity contribution in [3.8, 4) is 0 Å². The van der Waals surface area contributed by atoms with E-state index in [4.69, 9.17) is 4.74 Å². The van der Waals surface area contributed by atoms with Crippen LogP contribution in [-0.4, -0.2) is 47.4 Å². The predicted molar refractivity (Wildman–Crippen MR) is 402 cm³/mol. The van der Waals surface area contributed by atoms with Crippen LogP contribution in [0, 0.1) is 0 Å². The number of rotatable bonds is 78. The first kappa shape index (κ1) is 88.8. The van der Waals surface area contributed by atoms with Crippen LogP contribution >= 0.6 is 0 Å². The molecule has 0 heterocycles. The number of hydrogen-bond donors (Lipinski definition) is 3. The molecule has 6 nitrogen and oxygen atoms in total. The molecule has 0 aliphatic heterocycles. The van der Waals surface area contributed by atoms with Gasteiger partial charge in [0.1, 0.15) is 0 Å². The molecule has 6 heteroatoms. The highest BCUT2D eigenvalue weighted by molar-refractivity contribution is 5.76. The molecule has 0 rings (SSSR count). The molecule has 0 aliphatic carbocycles. The molecule has 536 valence electrons. The molecule has 2 unspecified atom stereocenters. The molecule has 0 aromatic rings. The Morgan fingerprint density at radius 1 is 0.308 bits per heavy atom. The minimum absolute atomic E-state index is 0.0101. The van der Waals surface area contributed by atoms with Crippen LogP contribution in [0.15, 0.2) is 48.6 Å². The molecule has 1 amide bonds. The van der Waals surface area contributed by atoms with Gasteiger partial charge >= 0.3 is 5.97 Å². The number of allylic oxidation sites excluding steroid dienone is 8. The molecule has 0 fully saturated rings. The number of carbonyl (C=O) groups excluding carboxylic acids is 2. The van der Waals surface area contributed by atoms with Crippen molar-refractivity contribution in [3.05, 3.63) is 48.6 Å². The van der Waals surface area contributed by atoms with Gasteiger partial charge in [-0.05, 0) is 89.9 Å². The van der Waals surface area contributed by atoms with Gasteiger partial charge in [0.25, 0.3) is 0 Å². The molecular weight excluding hydrogens is 1110 g/mol. The van der Waals surface area contributed by atoms with Crippen LogP contribution in [0.4, 0.5) is 0 Å². The van der Waals surface area contributed by atoms with Crippen molar-refractivity contribution < 1.29 is 24.5 Å². The quantitative estimate of drug-likeness (QED) is 0.0320. The van der Waals surface area contributed by atoms with Crippen LogP contribution in [0.1, 0.15) is 457 Å². The van der Waals surface area contributed by atoms with Crippen molar-refractivity contribution in [2.24, 2.45) is 0 Å². The number of aliphatic hydroxyl groups excluding tert-OH is 2. The van der Waals surface area contributed by atoms with E-state index in [1.54, 1.807) is 0 Å². The van der Waals surface area contributed by atoms with E-state index < -0.39 is 12.1 Å².